The van der Waals surface area contributed by atoms with E-state index in [1.54, 1.807) is 0 Å². The number of thioether (sulfide) groups is 1. The molecule has 0 saturated carbocycles. The third-order valence-electron chi connectivity index (χ3n) is 2.82. The molecule has 0 fully saturated rings. The Labute approximate surface area is 132 Å². The fourth-order valence-electron chi connectivity index (χ4n) is 1.46. The molecule has 0 aromatic heterocycles. The van der Waals surface area contributed by atoms with E-state index >= 15 is 0 Å². The van der Waals surface area contributed by atoms with Gasteiger partial charge in [0.05, 0.1) is 33.4 Å². The number of hydrogen-bond donors (Lipinski definition) is 0. The van der Waals surface area contributed by atoms with Crippen molar-refractivity contribution in [2.75, 3.05) is 33.4 Å². The summed E-state index contributed by atoms with van der Waals surface area (Å²) in [7, 11) is 6.43. The van der Waals surface area contributed by atoms with Crippen LogP contribution in [-0.4, -0.2) is 43.0 Å². The van der Waals surface area contributed by atoms with Crippen LogP contribution in [0.3, 0.4) is 0 Å². The van der Waals surface area contributed by atoms with Crippen molar-refractivity contribution in [1.82, 2.24) is 0 Å². The van der Waals surface area contributed by atoms with Gasteiger partial charge in [-0.15, -0.1) is 0 Å². The van der Waals surface area contributed by atoms with Crippen LogP contribution >= 0.6 is 11.8 Å². The minimum atomic E-state index is 0. The molecule has 0 aliphatic heterocycles. The molecular formula is C14H22INOS. The molecule has 1 aromatic rings. The number of aryl methyl sites for hydroxylation is 1. The van der Waals surface area contributed by atoms with Crippen molar-refractivity contribution in [2.45, 2.75) is 13.8 Å². The topological polar surface area (TPSA) is 17.1 Å². The smallest absolute Gasteiger partial charge is 0.219 e. The molecule has 0 N–H and O–H groups in total. The lowest BCUT2D eigenvalue weighted by Crippen LogP contribution is -3.00. The second-order valence-electron chi connectivity index (χ2n) is 5.40. The van der Waals surface area contributed by atoms with Gasteiger partial charge >= 0.3 is 0 Å². The Bertz CT molecular complexity index is 413. The van der Waals surface area contributed by atoms with Gasteiger partial charge in [-0.05, 0) is 25.0 Å². The Morgan fingerprint density at radius 2 is 1.83 bits per heavy atom. The average molecular weight is 379 g/mol. The summed E-state index contributed by atoms with van der Waals surface area (Å²) >= 11 is 1.42. The first-order valence-electron chi connectivity index (χ1n) is 5.85. The first-order chi connectivity index (χ1) is 7.81. The summed E-state index contributed by atoms with van der Waals surface area (Å²) in [6, 6.07) is 5.92. The van der Waals surface area contributed by atoms with Crippen molar-refractivity contribution in [1.29, 1.82) is 0 Å². The Morgan fingerprint density at radius 1 is 1.22 bits per heavy atom. The monoisotopic (exact) mass is 379 g/mol. The molecule has 0 radical (unpaired) electrons. The van der Waals surface area contributed by atoms with E-state index in [-0.39, 0.29) is 29.1 Å². The molecule has 0 amide bonds. The number of carbonyl (C=O) groups is 1. The molecule has 18 heavy (non-hydrogen) atoms. The third kappa shape index (κ3) is 5.71. The van der Waals surface area contributed by atoms with Gasteiger partial charge < -0.3 is 28.5 Å². The number of halogens is 1. The van der Waals surface area contributed by atoms with Gasteiger partial charge in [-0.2, -0.15) is 0 Å². The summed E-state index contributed by atoms with van der Waals surface area (Å²) < 4.78 is 0.896. The fraction of sp³-hybridized carbons (Fsp3) is 0.500. The molecule has 0 atom stereocenters. The first-order valence-corrected chi connectivity index (χ1v) is 6.83. The summed E-state index contributed by atoms with van der Waals surface area (Å²) in [6.07, 6.45) is 0. The predicted molar refractivity (Wildman–Crippen MR) is 75.6 cm³/mol. The van der Waals surface area contributed by atoms with Gasteiger partial charge in [0.1, 0.15) is 0 Å². The minimum Gasteiger partial charge on any atom is -1.00 e. The second kappa shape index (κ2) is 7.50. The molecule has 0 unspecified atom stereocenters. The lowest BCUT2D eigenvalue weighted by Gasteiger charge is -2.23. The van der Waals surface area contributed by atoms with Crippen LogP contribution in [0.2, 0.25) is 0 Å². The van der Waals surface area contributed by atoms with Crippen LogP contribution < -0.4 is 24.0 Å². The van der Waals surface area contributed by atoms with Crippen LogP contribution in [0.15, 0.2) is 18.2 Å². The highest BCUT2D eigenvalue weighted by atomic mass is 127. The van der Waals surface area contributed by atoms with Crippen molar-refractivity contribution in [3.63, 3.8) is 0 Å². The zero-order valence-corrected chi connectivity index (χ0v) is 14.8. The Morgan fingerprint density at radius 3 is 2.39 bits per heavy atom. The molecule has 0 aliphatic carbocycles. The molecule has 0 bridgehead atoms. The van der Waals surface area contributed by atoms with E-state index in [1.165, 1.54) is 17.3 Å². The van der Waals surface area contributed by atoms with Crippen LogP contribution in [0.1, 0.15) is 21.5 Å². The van der Waals surface area contributed by atoms with Gasteiger partial charge in [-0.1, -0.05) is 30.0 Å². The molecule has 102 valence electrons. The molecule has 0 saturated heterocycles. The van der Waals surface area contributed by atoms with Gasteiger partial charge in [0.15, 0.2) is 0 Å². The first kappa shape index (κ1) is 17.9. The number of nitrogens with zero attached hydrogens (tertiary/aromatic N) is 1. The van der Waals surface area contributed by atoms with Crippen LogP contribution in [0.4, 0.5) is 0 Å². The molecular weight excluding hydrogens is 357 g/mol. The van der Waals surface area contributed by atoms with Crippen LogP contribution in [-0.2, 0) is 0 Å². The molecule has 4 heteroatoms. The number of hydrogen-bond acceptors (Lipinski definition) is 2. The van der Waals surface area contributed by atoms with Crippen molar-refractivity contribution in [2.24, 2.45) is 0 Å². The summed E-state index contributed by atoms with van der Waals surface area (Å²) in [6.45, 7) is 5.06. The van der Waals surface area contributed by atoms with Crippen molar-refractivity contribution in [3.8, 4) is 0 Å². The van der Waals surface area contributed by atoms with Gasteiger partial charge in [0, 0.05) is 5.56 Å². The zero-order chi connectivity index (χ0) is 13.1. The number of benzene rings is 1. The molecule has 0 spiro atoms. The number of rotatable bonds is 4. The van der Waals surface area contributed by atoms with Crippen LogP contribution in [0.5, 0.6) is 0 Å². The molecule has 0 aliphatic rings. The maximum absolute atomic E-state index is 12.1. The minimum absolute atomic E-state index is 0. The SMILES string of the molecule is Cc1cccc(C(=O)SCC[N+](C)(C)C)c1C.[I-]. The Kier molecular flexibility index (Phi) is 7.47. The maximum Gasteiger partial charge on any atom is 0.219 e. The lowest BCUT2D eigenvalue weighted by molar-refractivity contribution is -0.867. The van der Waals surface area contributed by atoms with E-state index in [0.717, 1.165) is 27.9 Å². The van der Waals surface area contributed by atoms with E-state index < -0.39 is 0 Å². The second-order valence-corrected chi connectivity index (χ2v) is 6.47. The standard InChI is InChI=1S/C14H22NOS.HI/c1-11-7-6-8-13(12(11)2)14(16)17-10-9-15(3,4)5;/h6-8H,9-10H2,1-5H3;1H/q+1;/p-1. The largest absolute Gasteiger partial charge is 1.00 e. The van der Waals surface area contributed by atoms with Crippen molar-refractivity contribution >= 4 is 16.9 Å². The third-order valence-corrected chi connectivity index (χ3v) is 3.69. The molecule has 0 heterocycles. The highest BCUT2D eigenvalue weighted by Gasteiger charge is 2.13. The van der Waals surface area contributed by atoms with Crippen molar-refractivity contribution in [3.05, 3.63) is 34.9 Å². The van der Waals surface area contributed by atoms with Gasteiger partial charge in [-0.25, -0.2) is 0 Å². The summed E-state index contributed by atoms with van der Waals surface area (Å²) in [5, 5.41) is 0.194. The van der Waals surface area contributed by atoms with E-state index in [0.29, 0.717) is 0 Å². The summed E-state index contributed by atoms with van der Waals surface area (Å²) in [5.74, 6) is 0.871. The van der Waals surface area contributed by atoms with E-state index in [2.05, 4.69) is 21.1 Å². The number of carbonyl (C=O) groups excluding carboxylic acids is 1. The normalized spacial score (nSPS) is 10.9. The molecule has 1 rings (SSSR count). The van der Waals surface area contributed by atoms with Crippen LogP contribution in [0, 0.1) is 13.8 Å². The highest BCUT2D eigenvalue weighted by molar-refractivity contribution is 8.14. The molecule has 1 aromatic carbocycles. The highest BCUT2D eigenvalue weighted by Crippen LogP contribution is 2.19. The van der Waals surface area contributed by atoms with E-state index in [4.69, 9.17) is 0 Å². The summed E-state index contributed by atoms with van der Waals surface area (Å²) in [4.78, 5) is 12.1. The van der Waals surface area contributed by atoms with Gasteiger partial charge in [-0.3, -0.25) is 4.79 Å². The quantitative estimate of drug-likeness (QED) is 0.537. The predicted octanol–water partition coefficient (Wildman–Crippen LogP) is -0.113. The summed E-state index contributed by atoms with van der Waals surface area (Å²) in [5.41, 5.74) is 3.15. The Hall–Kier alpha value is -0.0700. The maximum atomic E-state index is 12.1. The Balaban J connectivity index is 0.00000289. The zero-order valence-electron chi connectivity index (χ0n) is 11.8. The van der Waals surface area contributed by atoms with E-state index in [1.807, 2.05) is 32.0 Å². The van der Waals surface area contributed by atoms with Crippen molar-refractivity contribution < 1.29 is 33.3 Å². The number of quaternary nitrogens is 1. The fourth-order valence-corrected chi connectivity index (χ4v) is 2.66. The lowest BCUT2D eigenvalue weighted by atomic mass is 10.0. The van der Waals surface area contributed by atoms with Gasteiger partial charge in [0.25, 0.3) is 0 Å². The molecule has 2 nitrogen and oxygen atoms in total. The van der Waals surface area contributed by atoms with Crippen LogP contribution in [0.25, 0.3) is 0 Å². The van der Waals surface area contributed by atoms with E-state index in [9.17, 15) is 4.79 Å². The average Bonchev–Trinajstić information content (AvgIpc) is 2.20. The van der Waals surface area contributed by atoms with Gasteiger partial charge in [0.2, 0.25) is 5.12 Å².